The SMILES string of the molecule is CCC1(C)CNC(C)(C)CN1CCC1CC1. The van der Waals surface area contributed by atoms with Gasteiger partial charge in [-0.2, -0.15) is 0 Å². The van der Waals surface area contributed by atoms with Crippen LogP contribution in [0.4, 0.5) is 0 Å². The highest BCUT2D eigenvalue weighted by molar-refractivity contribution is 4.99. The van der Waals surface area contributed by atoms with E-state index in [1.165, 1.54) is 38.8 Å². The van der Waals surface area contributed by atoms with Crippen LogP contribution in [0.25, 0.3) is 0 Å². The Kier molecular flexibility index (Phi) is 3.33. The highest BCUT2D eigenvalue weighted by Crippen LogP contribution is 2.34. The number of nitrogens with one attached hydrogen (secondary N) is 1. The van der Waals surface area contributed by atoms with Gasteiger partial charge in [0.05, 0.1) is 0 Å². The summed E-state index contributed by atoms with van der Waals surface area (Å²) in [6.45, 7) is 13.0. The van der Waals surface area contributed by atoms with Gasteiger partial charge in [-0.25, -0.2) is 0 Å². The van der Waals surface area contributed by atoms with E-state index in [1.54, 1.807) is 0 Å². The summed E-state index contributed by atoms with van der Waals surface area (Å²) in [6, 6.07) is 0. The van der Waals surface area contributed by atoms with E-state index < -0.39 is 0 Å². The van der Waals surface area contributed by atoms with Crippen molar-refractivity contribution in [2.45, 2.75) is 64.5 Å². The minimum Gasteiger partial charge on any atom is -0.309 e. The lowest BCUT2D eigenvalue weighted by Gasteiger charge is -2.51. The van der Waals surface area contributed by atoms with E-state index in [4.69, 9.17) is 0 Å². The Hall–Kier alpha value is -0.0800. The Bertz CT molecular complexity index is 245. The van der Waals surface area contributed by atoms with Crippen molar-refractivity contribution in [2.24, 2.45) is 5.92 Å². The number of piperazine rings is 1. The highest BCUT2D eigenvalue weighted by atomic mass is 15.3. The Morgan fingerprint density at radius 3 is 2.50 bits per heavy atom. The zero-order chi connectivity index (χ0) is 11.8. The van der Waals surface area contributed by atoms with E-state index in [-0.39, 0.29) is 5.54 Å². The molecule has 94 valence electrons. The van der Waals surface area contributed by atoms with E-state index >= 15 is 0 Å². The lowest BCUT2D eigenvalue weighted by atomic mass is 9.87. The molecule has 2 nitrogen and oxygen atoms in total. The van der Waals surface area contributed by atoms with Gasteiger partial charge in [0.1, 0.15) is 0 Å². The number of nitrogens with zero attached hydrogens (tertiary/aromatic N) is 1. The zero-order valence-corrected chi connectivity index (χ0v) is 11.5. The minimum atomic E-state index is 0.290. The topological polar surface area (TPSA) is 15.3 Å². The molecule has 1 heterocycles. The molecule has 2 aliphatic rings. The van der Waals surface area contributed by atoms with Crippen molar-refractivity contribution in [3.63, 3.8) is 0 Å². The van der Waals surface area contributed by atoms with Crippen LogP contribution < -0.4 is 5.32 Å². The maximum atomic E-state index is 3.69. The molecule has 0 bridgehead atoms. The average Bonchev–Trinajstić information content (AvgIpc) is 3.03. The van der Waals surface area contributed by atoms with Gasteiger partial charge >= 0.3 is 0 Å². The van der Waals surface area contributed by atoms with Gasteiger partial charge in [-0.15, -0.1) is 0 Å². The molecule has 2 heteroatoms. The first kappa shape index (κ1) is 12.4. The zero-order valence-electron chi connectivity index (χ0n) is 11.5. The summed E-state index contributed by atoms with van der Waals surface area (Å²) in [4.78, 5) is 2.74. The molecule has 1 saturated carbocycles. The highest BCUT2D eigenvalue weighted by Gasteiger charge is 2.39. The van der Waals surface area contributed by atoms with Gasteiger partial charge in [-0.05, 0) is 46.1 Å². The average molecular weight is 224 g/mol. The second kappa shape index (κ2) is 4.30. The van der Waals surface area contributed by atoms with E-state index in [2.05, 4.69) is 37.9 Å². The summed E-state index contributed by atoms with van der Waals surface area (Å²) in [5, 5.41) is 3.69. The summed E-state index contributed by atoms with van der Waals surface area (Å²) in [5.74, 6) is 1.05. The molecular formula is C14H28N2. The molecular weight excluding hydrogens is 196 g/mol. The smallest absolute Gasteiger partial charge is 0.0304 e. The van der Waals surface area contributed by atoms with Gasteiger partial charge < -0.3 is 5.32 Å². The molecule has 1 atom stereocenters. The van der Waals surface area contributed by atoms with E-state index in [1.807, 2.05) is 0 Å². The lowest BCUT2D eigenvalue weighted by molar-refractivity contribution is 0.0224. The molecule has 2 fully saturated rings. The minimum absolute atomic E-state index is 0.290. The van der Waals surface area contributed by atoms with Crippen LogP contribution in [0, 0.1) is 5.92 Å². The Labute approximate surface area is 101 Å². The van der Waals surface area contributed by atoms with Gasteiger partial charge in [-0.3, -0.25) is 4.90 Å². The van der Waals surface area contributed by atoms with Crippen LogP contribution in [0.5, 0.6) is 0 Å². The Balaban J connectivity index is 1.96. The molecule has 0 aromatic carbocycles. The van der Waals surface area contributed by atoms with Crippen LogP contribution in [0.1, 0.15) is 53.4 Å². The lowest BCUT2D eigenvalue weighted by Crippen LogP contribution is -2.67. The van der Waals surface area contributed by atoms with E-state index in [9.17, 15) is 0 Å². The summed E-state index contributed by atoms with van der Waals surface area (Å²) < 4.78 is 0. The Morgan fingerprint density at radius 2 is 1.94 bits per heavy atom. The predicted octanol–water partition coefficient (Wildman–Crippen LogP) is 2.64. The molecule has 1 saturated heterocycles. The first-order valence-electron chi connectivity index (χ1n) is 6.95. The van der Waals surface area contributed by atoms with Crippen molar-refractivity contribution in [1.82, 2.24) is 10.2 Å². The third kappa shape index (κ3) is 2.78. The fourth-order valence-electron chi connectivity index (χ4n) is 2.71. The molecule has 0 aromatic heterocycles. The first-order chi connectivity index (χ1) is 7.45. The predicted molar refractivity (Wildman–Crippen MR) is 69.7 cm³/mol. The molecule has 1 unspecified atom stereocenters. The number of hydrogen-bond acceptors (Lipinski definition) is 2. The molecule has 1 N–H and O–H groups in total. The fourth-order valence-corrected chi connectivity index (χ4v) is 2.71. The summed E-state index contributed by atoms with van der Waals surface area (Å²) in [6.07, 6.45) is 5.64. The van der Waals surface area contributed by atoms with Crippen molar-refractivity contribution in [3.05, 3.63) is 0 Å². The van der Waals surface area contributed by atoms with Crippen LogP contribution in [-0.4, -0.2) is 35.6 Å². The van der Waals surface area contributed by atoms with Crippen molar-refractivity contribution >= 4 is 0 Å². The second-order valence-corrected chi connectivity index (χ2v) is 6.74. The molecule has 0 aromatic rings. The maximum absolute atomic E-state index is 3.69. The molecule has 0 amide bonds. The normalized spacial score (nSPS) is 35.2. The fraction of sp³-hybridized carbons (Fsp3) is 1.00. The van der Waals surface area contributed by atoms with Crippen LogP contribution >= 0.6 is 0 Å². The molecule has 16 heavy (non-hydrogen) atoms. The third-order valence-electron chi connectivity index (χ3n) is 4.56. The monoisotopic (exact) mass is 224 g/mol. The number of hydrogen-bond donors (Lipinski definition) is 1. The van der Waals surface area contributed by atoms with Crippen LogP contribution in [-0.2, 0) is 0 Å². The van der Waals surface area contributed by atoms with E-state index in [0.717, 1.165) is 12.5 Å². The standard InChI is InChI=1S/C14H28N2/c1-5-14(4)10-15-13(2,3)11-16(14)9-8-12-6-7-12/h12,15H,5-11H2,1-4H3. The molecule has 2 rings (SSSR count). The molecule has 1 aliphatic heterocycles. The van der Waals surface area contributed by atoms with Gasteiger partial charge in [0.25, 0.3) is 0 Å². The van der Waals surface area contributed by atoms with Crippen LogP contribution in [0.2, 0.25) is 0 Å². The second-order valence-electron chi connectivity index (χ2n) is 6.74. The van der Waals surface area contributed by atoms with Crippen LogP contribution in [0.15, 0.2) is 0 Å². The maximum Gasteiger partial charge on any atom is 0.0304 e. The van der Waals surface area contributed by atoms with Crippen molar-refractivity contribution in [1.29, 1.82) is 0 Å². The molecule has 1 aliphatic carbocycles. The Morgan fingerprint density at radius 1 is 1.25 bits per heavy atom. The largest absolute Gasteiger partial charge is 0.309 e. The first-order valence-corrected chi connectivity index (χ1v) is 6.95. The van der Waals surface area contributed by atoms with Gasteiger partial charge in [0.15, 0.2) is 0 Å². The summed E-state index contributed by atoms with van der Waals surface area (Å²) in [5.41, 5.74) is 0.669. The number of rotatable bonds is 4. The summed E-state index contributed by atoms with van der Waals surface area (Å²) >= 11 is 0. The van der Waals surface area contributed by atoms with Crippen molar-refractivity contribution in [2.75, 3.05) is 19.6 Å². The molecule has 0 spiro atoms. The van der Waals surface area contributed by atoms with E-state index in [0.29, 0.717) is 5.54 Å². The van der Waals surface area contributed by atoms with Crippen molar-refractivity contribution in [3.8, 4) is 0 Å². The van der Waals surface area contributed by atoms with Gasteiger partial charge in [0.2, 0.25) is 0 Å². The third-order valence-corrected chi connectivity index (χ3v) is 4.56. The summed E-state index contributed by atoms with van der Waals surface area (Å²) in [7, 11) is 0. The molecule has 0 radical (unpaired) electrons. The quantitative estimate of drug-likeness (QED) is 0.790. The van der Waals surface area contributed by atoms with Gasteiger partial charge in [-0.1, -0.05) is 19.8 Å². The van der Waals surface area contributed by atoms with Crippen LogP contribution in [0.3, 0.4) is 0 Å². The van der Waals surface area contributed by atoms with Crippen molar-refractivity contribution < 1.29 is 0 Å². The van der Waals surface area contributed by atoms with Gasteiger partial charge in [0, 0.05) is 24.2 Å².